The fourth-order valence-electron chi connectivity index (χ4n) is 2.10. The quantitative estimate of drug-likeness (QED) is 0.739. The number of carbonyl (C=O) groups excluding carboxylic acids is 2. The van der Waals surface area contributed by atoms with E-state index < -0.39 is 11.7 Å². The fourth-order valence-corrected chi connectivity index (χ4v) is 3.35. The number of amides is 2. The number of hydrogen-bond acceptors (Lipinski definition) is 4. The molecule has 21 heavy (non-hydrogen) atoms. The molecule has 2 amide bonds. The largest absolute Gasteiger partial charge is 0.444 e. The Bertz CT molecular complexity index is 360. The van der Waals surface area contributed by atoms with Crippen LogP contribution < -0.4 is 10.6 Å². The Labute approximate surface area is 132 Å². The van der Waals surface area contributed by atoms with Gasteiger partial charge in [0, 0.05) is 24.3 Å². The smallest absolute Gasteiger partial charge is 0.407 e. The molecule has 0 saturated carbocycles. The number of carbonyl (C=O) groups is 2. The molecule has 1 unspecified atom stereocenters. The third-order valence-electron chi connectivity index (χ3n) is 3.21. The monoisotopic (exact) mass is 316 g/mol. The molecule has 1 saturated heterocycles. The van der Waals surface area contributed by atoms with Gasteiger partial charge in [-0.1, -0.05) is 0 Å². The third kappa shape index (κ3) is 8.19. The highest BCUT2D eigenvalue weighted by molar-refractivity contribution is 8.00. The topological polar surface area (TPSA) is 67.4 Å². The van der Waals surface area contributed by atoms with E-state index in [1.807, 2.05) is 32.5 Å². The minimum absolute atomic E-state index is 0.0507. The van der Waals surface area contributed by atoms with Crippen LogP contribution in [0.15, 0.2) is 0 Å². The molecule has 6 heteroatoms. The summed E-state index contributed by atoms with van der Waals surface area (Å²) in [7, 11) is 0. The molecule has 0 bridgehead atoms. The Morgan fingerprint density at radius 2 is 2.00 bits per heavy atom. The SMILES string of the molecule is CC(C)(C)OC(=O)NCCCC(=O)NCC1(C)CCCS1. The molecule has 1 atom stereocenters. The summed E-state index contributed by atoms with van der Waals surface area (Å²) < 4.78 is 5.32. The molecule has 1 fully saturated rings. The van der Waals surface area contributed by atoms with Crippen molar-refractivity contribution >= 4 is 23.8 Å². The predicted octanol–water partition coefficient (Wildman–Crippen LogP) is 2.69. The van der Waals surface area contributed by atoms with E-state index in [0.717, 1.165) is 13.0 Å². The van der Waals surface area contributed by atoms with E-state index in [-0.39, 0.29) is 10.7 Å². The van der Waals surface area contributed by atoms with Crippen LogP contribution in [0, 0.1) is 0 Å². The molecule has 0 spiro atoms. The van der Waals surface area contributed by atoms with E-state index in [0.29, 0.717) is 19.4 Å². The lowest BCUT2D eigenvalue weighted by atomic mass is 10.1. The molecule has 1 aliphatic heterocycles. The Hall–Kier alpha value is -0.910. The van der Waals surface area contributed by atoms with Crippen LogP contribution in [0.4, 0.5) is 4.79 Å². The second-order valence-corrected chi connectivity index (χ2v) is 8.39. The molecule has 0 radical (unpaired) electrons. The second kappa shape index (κ2) is 7.92. The number of hydrogen-bond donors (Lipinski definition) is 2. The van der Waals surface area contributed by atoms with Gasteiger partial charge in [-0.2, -0.15) is 11.8 Å². The average molecular weight is 316 g/mol. The van der Waals surface area contributed by atoms with E-state index in [4.69, 9.17) is 4.74 Å². The summed E-state index contributed by atoms with van der Waals surface area (Å²) in [5.74, 6) is 1.24. The lowest BCUT2D eigenvalue weighted by Gasteiger charge is -2.22. The van der Waals surface area contributed by atoms with Crippen molar-refractivity contribution in [3.8, 4) is 0 Å². The molecule has 0 aromatic carbocycles. The molecular weight excluding hydrogens is 288 g/mol. The molecule has 0 aromatic rings. The van der Waals surface area contributed by atoms with Crippen molar-refractivity contribution < 1.29 is 14.3 Å². The van der Waals surface area contributed by atoms with Gasteiger partial charge in [0.1, 0.15) is 5.60 Å². The molecule has 2 N–H and O–H groups in total. The van der Waals surface area contributed by atoms with Crippen LogP contribution in [-0.4, -0.2) is 41.2 Å². The fraction of sp³-hybridized carbons (Fsp3) is 0.867. The summed E-state index contributed by atoms with van der Waals surface area (Å²) in [6, 6.07) is 0. The van der Waals surface area contributed by atoms with Crippen molar-refractivity contribution in [1.82, 2.24) is 10.6 Å². The van der Waals surface area contributed by atoms with Crippen LogP contribution in [0.5, 0.6) is 0 Å². The Morgan fingerprint density at radius 1 is 1.29 bits per heavy atom. The summed E-state index contributed by atoms with van der Waals surface area (Å²) in [5.41, 5.74) is -0.490. The molecule has 1 rings (SSSR count). The summed E-state index contributed by atoms with van der Waals surface area (Å²) in [6.45, 7) is 8.85. The van der Waals surface area contributed by atoms with Crippen molar-refractivity contribution in [1.29, 1.82) is 0 Å². The first kappa shape index (κ1) is 18.1. The van der Waals surface area contributed by atoms with Gasteiger partial charge in [-0.05, 0) is 52.7 Å². The number of rotatable bonds is 6. The molecule has 5 nitrogen and oxygen atoms in total. The summed E-state index contributed by atoms with van der Waals surface area (Å²) >= 11 is 1.94. The van der Waals surface area contributed by atoms with Gasteiger partial charge in [0.25, 0.3) is 0 Å². The first-order chi connectivity index (χ1) is 9.70. The van der Waals surface area contributed by atoms with Crippen molar-refractivity contribution in [2.24, 2.45) is 0 Å². The highest BCUT2D eigenvalue weighted by atomic mass is 32.2. The first-order valence-corrected chi connectivity index (χ1v) is 8.56. The van der Waals surface area contributed by atoms with E-state index in [2.05, 4.69) is 17.6 Å². The van der Waals surface area contributed by atoms with Gasteiger partial charge in [-0.3, -0.25) is 4.79 Å². The number of nitrogens with one attached hydrogen (secondary N) is 2. The Kier molecular flexibility index (Phi) is 6.84. The van der Waals surface area contributed by atoms with Gasteiger partial charge in [-0.25, -0.2) is 4.79 Å². The predicted molar refractivity (Wildman–Crippen MR) is 86.6 cm³/mol. The van der Waals surface area contributed by atoms with E-state index in [9.17, 15) is 9.59 Å². The molecule has 1 aliphatic rings. The zero-order valence-electron chi connectivity index (χ0n) is 13.6. The van der Waals surface area contributed by atoms with Crippen molar-refractivity contribution in [3.63, 3.8) is 0 Å². The number of ether oxygens (including phenoxy) is 1. The number of alkyl carbamates (subject to hydrolysis) is 1. The van der Waals surface area contributed by atoms with Crippen LogP contribution in [-0.2, 0) is 9.53 Å². The normalized spacial score (nSPS) is 21.9. The standard InChI is InChI=1S/C15H28N2O3S/c1-14(2,3)20-13(19)16-9-5-7-12(18)17-11-15(4)8-6-10-21-15/h5-11H2,1-4H3,(H,16,19)(H,17,18). The first-order valence-electron chi connectivity index (χ1n) is 7.58. The maximum Gasteiger partial charge on any atom is 0.407 e. The second-order valence-electron chi connectivity index (χ2n) is 6.71. The van der Waals surface area contributed by atoms with Gasteiger partial charge in [-0.15, -0.1) is 0 Å². The van der Waals surface area contributed by atoms with Crippen LogP contribution in [0.3, 0.4) is 0 Å². The zero-order valence-corrected chi connectivity index (χ0v) is 14.4. The Balaban J connectivity index is 2.07. The van der Waals surface area contributed by atoms with E-state index in [1.165, 1.54) is 12.2 Å². The molecule has 0 aromatic heterocycles. The number of thioether (sulfide) groups is 1. The van der Waals surface area contributed by atoms with Crippen molar-refractivity contribution in [2.75, 3.05) is 18.8 Å². The third-order valence-corrected chi connectivity index (χ3v) is 4.75. The van der Waals surface area contributed by atoms with Gasteiger partial charge < -0.3 is 15.4 Å². The van der Waals surface area contributed by atoms with Gasteiger partial charge in [0.2, 0.25) is 5.91 Å². The highest BCUT2D eigenvalue weighted by Crippen LogP contribution is 2.36. The van der Waals surface area contributed by atoms with Gasteiger partial charge >= 0.3 is 6.09 Å². The highest BCUT2D eigenvalue weighted by Gasteiger charge is 2.29. The summed E-state index contributed by atoms with van der Waals surface area (Å²) in [5, 5.41) is 5.64. The maximum absolute atomic E-state index is 11.8. The lowest BCUT2D eigenvalue weighted by molar-refractivity contribution is -0.121. The van der Waals surface area contributed by atoms with Crippen LogP contribution in [0.2, 0.25) is 0 Å². The van der Waals surface area contributed by atoms with Gasteiger partial charge in [0.15, 0.2) is 0 Å². The molecular formula is C15H28N2O3S. The zero-order chi connectivity index (χ0) is 15.9. The minimum Gasteiger partial charge on any atom is -0.444 e. The minimum atomic E-state index is -0.490. The van der Waals surface area contributed by atoms with E-state index >= 15 is 0 Å². The Morgan fingerprint density at radius 3 is 2.57 bits per heavy atom. The molecule has 1 heterocycles. The average Bonchev–Trinajstić information content (AvgIpc) is 2.78. The van der Waals surface area contributed by atoms with Crippen molar-refractivity contribution in [3.05, 3.63) is 0 Å². The van der Waals surface area contributed by atoms with Crippen LogP contribution in [0.25, 0.3) is 0 Å². The molecule has 122 valence electrons. The van der Waals surface area contributed by atoms with E-state index in [1.54, 1.807) is 0 Å². The summed E-state index contributed by atoms with van der Waals surface area (Å²) in [6.07, 6.45) is 3.01. The van der Waals surface area contributed by atoms with Crippen LogP contribution >= 0.6 is 11.8 Å². The van der Waals surface area contributed by atoms with Gasteiger partial charge in [0.05, 0.1) is 0 Å². The van der Waals surface area contributed by atoms with Crippen molar-refractivity contribution in [2.45, 2.75) is 63.7 Å². The lowest BCUT2D eigenvalue weighted by Crippen LogP contribution is -2.37. The molecule has 0 aliphatic carbocycles. The summed E-state index contributed by atoms with van der Waals surface area (Å²) in [4.78, 5) is 23.2. The maximum atomic E-state index is 11.8. The van der Waals surface area contributed by atoms with Crippen LogP contribution in [0.1, 0.15) is 53.4 Å².